The number of amides is 2. The van der Waals surface area contributed by atoms with Crippen molar-refractivity contribution in [1.29, 1.82) is 0 Å². The van der Waals surface area contributed by atoms with Crippen LogP contribution < -0.4 is 14.9 Å². The number of carbonyl (C=O) groups excluding carboxylic acids is 2. The fraction of sp³-hybridized carbons (Fsp3) is 0.143. The molecule has 2 amide bonds. The quantitative estimate of drug-likeness (QED) is 0.492. The summed E-state index contributed by atoms with van der Waals surface area (Å²) < 4.78 is 30.7. The first-order valence-corrected chi connectivity index (χ1v) is 11.9. The summed E-state index contributed by atoms with van der Waals surface area (Å²) in [7, 11) is -3.83. The number of rotatable bonds is 8. The summed E-state index contributed by atoms with van der Waals surface area (Å²) in [5.74, 6) is -0.513. The molecule has 3 rings (SSSR count). The first-order valence-electron chi connectivity index (χ1n) is 9.27. The van der Waals surface area contributed by atoms with Gasteiger partial charge in [0.25, 0.3) is 5.91 Å². The third kappa shape index (κ3) is 6.25. The van der Waals surface area contributed by atoms with Crippen molar-refractivity contribution >= 4 is 56.4 Å². The van der Waals surface area contributed by atoms with Gasteiger partial charge in [-0.3, -0.25) is 13.9 Å². The lowest BCUT2D eigenvalue weighted by atomic mass is 10.1. The van der Waals surface area contributed by atoms with Gasteiger partial charge in [0.1, 0.15) is 12.3 Å². The molecule has 0 saturated heterocycles. The molecular formula is C21H19Cl2N3O5S. The fourth-order valence-corrected chi connectivity index (χ4v) is 4.22. The van der Waals surface area contributed by atoms with Crippen LogP contribution in [-0.2, 0) is 21.4 Å². The Balaban J connectivity index is 1.76. The van der Waals surface area contributed by atoms with E-state index in [1.165, 1.54) is 30.5 Å². The Hall–Kier alpha value is -3.01. The van der Waals surface area contributed by atoms with Crippen LogP contribution in [0.4, 0.5) is 11.4 Å². The van der Waals surface area contributed by atoms with Crippen LogP contribution in [0.2, 0.25) is 10.0 Å². The number of sulfonamides is 1. The van der Waals surface area contributed by atoms with Gasteiger partial charge in [0.15, 0.2) is 0 Å². The van der Waals surface area contributed by atoms with Crippen molar-refractivity contribution < 1.29 is 22.4 Å². The molecule has 2 aromatic carbocycles. The van der Waals surface area contributed by atoms with Gasteiger partial charge in [-0.2, -0.15) is 0 Å². The Kier molecular flexibility index (Phi) is 7.44. The second kappa shape index (κ2) is 10.1. The Bertz CT molecular complexity index is 1210. The van der Waals surface area contributed by atoms with Gasteiger partial charge >= 0.3 is 0 Å². The van der Waals surface area contributed by atoms with Gasteiger partial charge in [-0.15, -0.1) is 0 Å². The molecule has 0 spiro atoms. The Morgan fingerprint density at radius 2 is 1.72 bits per heavy atom. The third-order valence-corrected chi connectivity index (χ3v) is 5.85. The number of anilines is 2. The summed E-state index contributed by atoms with van der Waals surface area (Å²) in [6.07, 6.45) is 2.46. The lowest BCUT2D eigenvalue weighted by Crippen LogP contribution is -2.37. The predicted octanol–water partition coefficient (Wildman–Crippen LogP) is 3.92. The lowest BCUT2D eigenvalue weighted by molar-refractivity contribution is -0.114. The maximum Gasteiger partial charge on any atom is 0.253 e. The van der Waals surface area contributed by atoms with Crippen molar-refractivity contribution in [3.63, 3.8) is 0 Å². The summed E-state index contributed by atoms with van der Waals surface area (Å²) in [6, 6.07) is 14.0. The van der Waals surface area contributed by atoms with Crippen molar-refractivity contribution in [2.45, 2.75) is 6.54 Å². The summed E-state index contributed by atoms with van der Waals surface area (Å²) in [4.78, 5) is 25.3. The minimum Gasteiger partial charge on any atom is -0.467 e. The molecule has 0 fully saturated rings. The van der Waals surface area contributed by atoms with Crippen LogP contribution in [0.1, 0.15) is 16.1 Å². The molecule has 3 aromatic rings. The Morgan fingerprint density at radius 3 is 2.34 bits per heavy atom. The van der Waals surface area contributed by atoms with Crippen LogP contribution in [0.25, 0.3) is 0 Å². The summed E-state index contributed by atoms with van der Waals surface area (Å²) in [6.45, 7) is -0.372. The molecule has 0 aliphatic carbocycles. The fourth-order valence-electron chi connectivity index (χ4n) is 2.87. The largest absolute Gasteiger partial charge is 0.467 e. The summed E-state index contributed by atoms with van der Waals surface area (Å²) in [5, 5.41) is 5.73. The van der Waals surface area contributed by atoms with Crippen LogP contribution in [0.5, 0.6) is 0 Å². The highest BCUT2D eigenvalue weighted by Gasteiger charge is 2.23. The number of hydrogen-bond acceptors (Lipinski definition) is 5. The second-order valence-corrected chi connectivity index (χ2v) is 9.53. The normalized spacial score (nSPS) is 11.1. The van der Waals surface area contributed by atoms with Crippen LogP contribution >= 0.6 is 23.2 Å². The van der Waals surface area contributed by atoms with Gasteiger partial charge < -0.3 is 15.1 Å². The van der Waals surface area contributed by atoms with Crippen LogP contribution in [0, 0.1) is 0 Å². The van der Waals surface area contributed by atoms with E-state index in [0.717, 1.165) is 10.6 Å². The van der Waals surface area contributed by atoms with E-state index in [2.05, 4.69) is 10.6 Å². The average Bonchev–Trinajstić information content (AvgIpc) is 3.23. The zero-order valence-corrected chi connectivity index (χ0v) is 19.2. The maximum absolute atomic E-state index is 12.7. The van der Waals surface area contributed by atoms with Crippen molar-refractivity contribution in [2.75, 3.05) is 22.4 Å². The molecule has 1 aromatic heterocycles. The van der Waals surface area contributed by atoms with Gasteiger partial charge in [-0.05, 0) is 42.5 Å². The highest BCUT2D eigenvalue weighted by molar-refractivity contribution is 7.92. The minimum atomic E-state index is -3.83. The molecule has 8 nitrogen and oxygen atoms in total. The minimum absolute atomic E-state index is 0.143. The van der Waals surface area contributed by atoms with Crippen molar-refractivity contribution in [3.05, 3.63) is 82.2 Å². The highest BCUT2D eigenvalue weighted by atomic mass is 35.5. The number of benzene rings is 2. The lowest BCUT2D eigenvalue weighted by Gasteiger charge is -2.22. The van der Waals surface area contributed by atoms with E-state index in [1.807, 2.05) is 0 Å². The molecular weight excluding hydrogens is 477 g/mol. The van der Waals surface area contributed by atoms with Crippen LogP contribution in [0.3, 0.4) is 0 Å². The number of carbonyl (C=O) groups is 2. The molecule has 2 N–H and O–H groups in total. The zero-order chi connectivity index (χ0) is 23.3. The summed E-state index contributed by atoms with van der Waals surface area (Å²) >= 11 is 12.0. The van der Waals surface area contributed by atoms with E-state index in [-0.39, 0.29) is 33.5 Å². The standard InChI is InChI=1S/C21H19Cl2N3O5S/c1-32(29,30)26(16-10-14(22)9-15(23)11-16)13-20(27)25-19-7-3-2-6-18(19)21(28)24-12-17-5-4-8-31-17/h2-11H,12-13H2,1H3,(H,24,28)(H,25,27). The SMILES string of the molecule is CS(=O)(=O)N(CC(=O)Nc1ccccc1C(=O)NCc1ccco1)c1cc(Cl)cc(Cl)c1. The number of furan rings is 1. The molecule has 1 heterocycles. The monoisotopic (exact) mass is 495 g/mol. The first-order chi connectivity index (χ1) is 15.1. The zero-order valence-electron chi connectivity index (χ0n) is 16.8. The van der Waals surface area contributed by atoms with E-state index >= 15 is 0 Å². The number of hydrogen-bond donors (Lipinski definition) is 2. The van der Waals surface area contributed by atoms with Gasteiger partial charge in [0.05, 0.1) is 36.0 Å². The highest BCUT2D eigenvalue weighted by Crippen LogP contribution is 2.27. The van der Waals surface area contributed by atoms with Crippen LogP contribution in [-0.4, -0.2) is 33.0 Å². The molecule has 0 aliphatic rings. The molecule has 11 heteroatoms. The molecule has 0 bridgehead atoms. The topological polar surface area (TPSA) is 109 Å². The van der Waals surface area contributed by atoms with Crippen molar-refractivity contribution in [3.8, 4) is 0 Å². The Labute approximate surface area is 195 Å². The van der Waals surface area contributed by atoms with E-state index in [4.69, 9.17) is 27.6 Å². The summed E-state index contributed by atoms with van der Waals surface area (Å²) in [5.41, 5.74) is 0.584. The second-order valence-electron chi connectivity index (χ2n) is 6.75. The number of halogens is 2. The molecule has 0 radical (unpaired) electrons. The molecule has 0 aliphatic heterocycles. The Morgan fingerprint density at radius 1 is 1.03 bits per heavy atom. The van der Waals surface area contributed by atoms with E-state index in [1.54, 1.807) is 30.3 Å². The number of nitrogens with zero attached hydrogens (tertiary/aromatic N) is 1. The van der Waals surface area contributed by atoms with E-state index in [9.17, 15) is 18.0 Å². The smallest absolute Gasteiger partial charge is 0.253 e. The number of nitrogens with one attached hydrogen (secondary N) is 2. The molecule has 0 saturated carbocycles. The van der Waals surface area contributed by atoms with Gasteiger partial charge in [-0.1, -0.05) is 35.3 Å². The maximum atomic E-state index is 12.7. The predicted molar refractivity (Wildman–Crippen MR) is 124 cm³/mol. The molecule has 168 valence electrons. The molecule has 0 unspecified atom stereocenters. The van der Waals surface area contributed by atoms with Gasteiger partial charge in [-0.25, -0.2) is 8.42 Å². The van der Waals surface area contributed by atoms with Crippen LogP contribution in [0.15, 0.2) is 65.3 Å². The van der Waals surface area contributed by atoms with E-state index < -0.39 is 28.4 Å². The molecule has 32 heavy (non-hydrogen) atoms. The molecule has 0 atom stereocenters. The van der Waals surface area contributed by atoms with Crippen molar-refractivity contribution in [1.82, 2.24) is 5.32 Å². The van der Waals surface area contributed by atoms with Crippen molar-refractivity contribution in [2.24, 2.45) is 0 Å². The van der Waals surface area contributed by atoms with Gasteiger partial charge in [0.2, 0.25) is 15.9 Å². The first kappa shape index (κ1) is 23.6. The third-order valence-electron chi connectivity index (χ3n) is 4.27. The van der Waals surface area contributed by atoms with Gasteiger partial charge in [0, 0.05) is 10.0 Å². The average molecular weight is 496 g/mol. The van der Waals surface area contributed by atoms with E-state index in [0.29, 0.717) is 5.76 Å². The number of para-hydroxylation sites is 1.